The quantitative estimate of drug-likeness (QED) is 0.608. The fourth-order valence-electron chi connectivity index (χ4n) is 2.61. The molecular weight excluding hydrogens is 174 g/mol. The Morgan fingerprint density at radius 2 is 1.83 bits per heavy atom. The standard InChI is InChI=1S/C8H15NO2S/c1-7-3-8(4-7)5-9(6-8)12(2,10)11/h7H,3-6H2,1-2H3. The molecule has 2 aliphatic rings. The molecule has 2 fully saturated rings. The third kappa shape index (κ3) is 1.17. The Bertz CT molecular complexity index is 282. The van der Waals surface area contributed by atoms with Crippen LogP contribution in [0, 0.1) is 11.3 Å². The monoisotopic (exact) mass is 189 g/mol. The molecule has 0 bridgehead atoms. The lowest BCUT2D eigenvalue weighted by Gasteiger charge is -2.57. The van der Waals surface area contributed by atoms with Crippen LogP contribution in [0.25, 0.3) is 0 Å². The molecule has 4 heteroatoms. The molecule has 2 rings (SSSR count). The van der Waals surface area contributed by atoms with Gasteiger partial charge in [0.05, 0.1) is 6.26 Å². The van der Waals surface area contributed by atoms with E-state index in [4.69, 9.17) is 0 Å². The van der Waals surface area contributed by atoms with Crippen LogP contribution in [0.4, 0.5) is 0 Å². The summed E-state index contributed by atoms with van der Waals surface area (Å²) < 4.78 is 23.7. The second kappa shape index (κ2) is 2.23. The Kier molecular flexibility index (Phi) is 1.58. The third-order valence-electron chi connectivity index (χ3n) is 3.06. The minimum absolute atomic E-state index is 0.391. The molecule has 1 saturated carbocycles. The summed E-state index contributed by atoms with van der Waals surface area (Å²) in [5.74, 6) is 0.812. The zero-order valence-corrected chi connectivity index (χ0v) is 8.39. The number of sulfonamides is 1. The van der Waals surface area contributed by atoms with Crippen LogP contribution in [0.15, 0.2) is 0 Å². The van der Waals surface area contributed by atoms with Crippen molar-refractivity contribution in [3.05, 3.63) is 0 Å². The Labute approximate surface area is 73.8 Å². The van der Waals surface area contributed by atoms with E-state index in [9.17, 15) is 8.42 Å². The van der Waals surface area contributed by atoms with Crippen molar-refractivity contribution >= 4 is 10.0 Å². The largest absolute Gasteiger partial charge is 0.213 e. The molecule has 0 unspecified atom stereocenters. The summed E-state index contributed by atoms with van der Waals surface area (Å²) in [7, 11) is -2.90. The maximum atomic E-state index is 11.0. The molecule has 1 heterocycles. The number of hydrogen-bond acceptors (Lipinski definition) is 2. The fraction of sp³-hybridized carbons (Fsp3) is 1.00. The summed E-state index contributed by atoms with van der Waals surface area (Å²) in [5.41, 5.74) is 0.391. The van der Waals surface area contributed by atoms with Gasteiger partial charge >= 0.3 is 0 Å². The molecule has 70 valence electrons. The Morgan fingerprint density at radius 3 is 2.17 bits per heavy atom. The van der Waals surface area contributed by atoms with E-state index in [0.29, 0.717) is 5.41 Å². The summed E-state index contributed by atoms with van der Waals surface area (Å²) in [6.45, 7) is 3.78. The van der Waals surface area contributed by atoms with Crippen LogP contribution in [0.3, 0.4) is 0 Å². The molecule has 0 aromatic rings. The molecular formula is C8H15NO2S. The fourth-order valence-corrected chi connectivity index (χ4v) is 3.63. The highest BCUT2D eigenvalue weighted by Gasteiger charge is 2.53. The predicted molar refractivity (Wildman–Crippen MR) is 47.2 cm³/mol. The van der Waals surface area contributed by atoms with Gasteiger partial charge in [-0.3, -0.25) is 0 Å². The topological polar surface area (TPSA) is 37.4 Å². The highest BCUT2D eigenvalue weighted by Crippen LogP contribution is 2.52. The van der Waals surface area contributed by atoms with Crippen molar-refractivity contribution in [2.24, 2.45) is 11.3 Å². The van der Waals surface area contributed by atoms with Gasteiger partial charge in [-0.2, -0.15) is 0 Å². The molecule has 0 radical (unpaired) electrons. The van der Waals surface area contributed by atoms with Gasteiger partial charge in [-0.1, -0.05) is 6.92 Å². The van der Waals surface area contributed by atoms with E-state index in [1.165, 1.54) is 19.1 Å². The average molecular weight is 189 g/mol. The van der Waals surface area contributed by atoms with Crippen molar-refractivity contribution in [2.45, 2.75) is 19.8 Å². The zero-order valence-electron chi connectivity index (χ0n) is 7.58. The smallest absolute Gasteiger partial charge is 0.211 e. The first-order valence-corrected chi connectivity index (χ1v) is 6.21. The molecule has 0 amide bonds. The van der Waals surface area contributed by atoms with Gasteiger partial charge in [-0.15, -0.1) is 0 Å². The second-order valence-corrected chi connectivity index (χ2v) is 6.53. The van der Waals surface area contributed by atoms with Gasteiger partial charge in [0.25, 0.3) is 0 Å². The maximum absolute atomic E-state index is 11.0. The molecule has 1 aliphatic carbocycles. The van der Waals surface area contributed by atoms with Crippen LogP contribution in [-0.2, 0) is 10.0 Å². The van der Waals surface area contributed by atoms with Crippen LogP contribution in [0.1, 0.15) is 19.8 Å². The van der Waals surface area contributed by atoms with Crippen LogP contribution in [0.2, 0.25) is 0 Å². The summed E-state index contributed by atoms with van der Waals surface area (Å²) in [6.07, 6.45) is 3.74. The van der Waals surface area contributed by atoms with Crippen molar-refractivity contribution < 1.29 is 8.42 Å². The van der Waals surface area contributed by atoms with Gasteiger partial charge in [-0.05, 0) is 24.2 Å². The predicted octanol–water partition coefficient (Wildman–Crippen LogP) is 0.678. The molecule has 0 aromatic heterocycles. The molecule has 1 saturated heterocycles. The Balaban J connectivity index is 1.93. The molecule has 0 N–H and O–H groups in total. The van der Waals surface area contributed by atoms with E-state index in [1.807, 2.05) is 0 Å². The van der Waals surface area contributed by atoms with Gasteiger partial charge < -0.3 is 0 Å². The SMILES string of the molecule is CC1CC2(C1)CN(S(C)(=O)=O)C2. The van der Waals surface area contributed by atoms with Crippen LogP contribution < -0.4 is 0 Å². The van der Waals surface area contributed by atoms with Crippen molar-refractivity contribution in [2.75, 3.05) is 19.3 Å². The zero-order chi connectivity index (χ0) is 8.98. The highest BCUT2D eigenvalue weighted by molar-refractivity contribution is 7.88. The molecule has 1 spiro atoms. The molecule has 0 atom stereocenters. The van der Waals surface area contributed by atoms with Crippen molar-refractivity contribution in [1.29, 1.82) is 0 Å². The second-order valence-electron chi connectivity index (χ2n) is 4.54. The molecule has 0 aromatic carbocycles. The molecule has 12 heavy (non-hydrogen) atoms. The summed E-state index contributed by atoms with van der Waals surface area (Å²) in [6, 6.07) is 0. The van der Waals surface area contributed by atoms with E-state index < -0.39 is 10.0 Å². The first kappa shape index (κ1) is 8.51. The summed E-state index contributed by atoms with van der Waals surface area (Å²) in [5, 5.41) is 0. The number of rotatable bonds is 1. The molecule has 3 nitrogen and oxygen atoms in total. The number of nitrogens with zero attached hydrogens (tertiary/aromatic N) is 1. The van der Waals surface area contributed by atoms with Crippen molar-refractivity contribution in [3.8, 4) is 0 Å². The maximum Gasteiger partial charge on any atom is 0.211 e. The minimum Gasteiger partial charge on any atom is -0.213 e. The minimum atomic E-state index is -2.90. The van der Waals surface area contributed by atoms with Gasteiger partial charge in [0.2, 0.25) is 10.0 Å². The average Bonchev–Trinajstić information content (AvgIpc) is 1.71. The van der Waals surface area contributed by atoms with E-state index in [-0.39, 0.29) is 0 Å². The first-order valence-electron chi connectivity index (χ1n) is 4.36. The van der Waals surface area contributed by atoms with Gasteiger partial charge in [-0.25, -0.2) is 12.7 Å². The van der Waals surface area contributed by atoms with Crippen LogP contribution in [0.5, 0.6) is 0 Å². The lowest BCUT2D eigenvalue weighted by Crippen LogP contribution is -2.62. The van der Waals surface area contributed by atoms with Crippen molar-refractivity contribution in [1.82, 2.24) is 4.31 Å². The van der Waals surface area contributed by atoms with E-state index >= 15 is 0 Å². The van der Waals surface area contributed by atoms with E-state index in [2.05, 4.69) is 6.92 Å². The first-order chi connectivity index (χ1) is 5.41. The molecule has 1 aliphatic heterocycles. The normalized spacial score (nSPS) is 29.8. The lowest BCUT2D eigenvalue weighted by molar-refractivity contribution is -0.0456. The van der Waals surface area contributed by atoms with Gasteiger partial charge in [0.15, 0.2) is 0 Å². The van der Waals surface area contributed by atoms with Crippen LogP contribution >= 0.6 is 0 Å². The van der Waals surface area contributed by atoms with E-state index in [1.54, 1.807) is 4.31 Å². The lowest BCUT2D eigenvalue weighted by atomic mass is 9.59. The van der Waals surface area contributed by atoms with E-state index in [0.717, 1.165) is 19.0 Å². The van der Waals surface area contributed by atoms with Gasteiger partial charge in [0, 0.05) is 13.1 Å². The summed E-state index contributed by atoms with van der Waals surface area (Å²) in [4.78, 5) is 0. The van der Waals surface area contributed by atoms with Crippen molar-refractivity contribution in [3.63, 3.8) is 0 Å². The third-order valence-corrected chi connectivity index (χ3v) is 4.25. The summed E-state index contributed by atoms with van der Waals surface area (Å²) >= 11 is 0. The van der Waals surface area contributed by atoms with Gasteiger partial charge in [0.1, 0.15) is 0 Å². The van der Waals surface area contributed by atoms with Crippen LogP contribution in [-0.4, -0.2) is 32.1 Å². The Hall–Kier alpha value is -0.0900. The Morgan fingerprint density at radius 1 is 1.33 bits per heavy atom. The number of hydrogen-bond donors (Lipinski definition) is 0. The highest BCUT2D eigenvalue weighted by atomic mass is 32.2.